The highest BCUT2D eigenvalue weighted by molar-refractivity contribution is 5.87. The van der Waals surface area contributed by atoms with Gasteiger partial charge in [-0.3, -0.25) is 0 Å². The van der Waals surface area contributed by atoms with Crippen molar-refractivity contribution in [3.8, 4) is 11.4 Å². The van der Waals surface area contributed by atoms with E-state index >= 15 is 0 Å². The van der Waals surface area contributed by atoms with Gasteiger partial charge in [-0.05, 0) is 37.3 Å². The van der Waals surface area contributed by atoms with Gasteiger partial charge >= 0.3 is 0 Å². The molecular weight excluding hydrogens is 316 g/mol. The SMILES string of the molecule is C[C@@H]1COCCN1c1nc(-c2ccc(N)c(C=N)c2)nn2cccc12. The molecule has 0 aliphatic carbocycles. The van der Waals surface area contributed by atoms with Crippen LogP contribution in [0.3, 0.4) is 0 Å². The molecule has 1 aromatic carbocycles. The predicted molar refractivity (Wildman–Crippen MR) is 98.3 cm³/mol. The number of benzene rings is 1. The third-order valence-corrected chi connectivity index (χ3v) is 4.51. The number of nitrogens with zero attached hydrogens (tertiary/aromatic N) is 4. The summed E-state index contributed by atoms with van der Waals surface area (Å²) >= 11 is 0. The molecule has 0 bridgehead atoms. The van der Waals surface area contributed by atoms with Crippen LogP contribution in [0.4, 0.5) is 11.5 Å². The van der Waals surface area contributed by atoms with Crippen LogP contribution in [0, 0.1) is 5.41 Å². The number of nitrogen functional groups attached to an aromatic ring is 1. The molecule has 0 unspecified atom stereocenters. The average Bonchev–Trinajstić information content (AvgIpc) is 3.10. The molecule has 2 aromatic heterocycles. The van der Waals surface area contributed by atoms with E-state index in [0.717, 1.165) is 23.4 Å². The molecule has 3 N–H and O–H groups in total. The van der Waals surface area contributed by atoms with Gasteiger partial charge in [0.25, 0.3) is 0 Å². The number of aromatic nitrogens is 3. The van der Waals surface area contributed by atoms with Gasteiger partial charge in [0.15, 0.2) is 11.6 Å². The molecule has 1 aliphatic rings. The van der Waals surface area contributed by atoms with Crippen molar-refractivity contribution in [3.05, 3.63) is 42.1 Å². The van der Waals surface area contributed by atoms with Gasteiger partial charge in [-0.15, -0.1) is 5.10 Å². The van der Waals surface area contributed by atoms with Gasteiger partial charge < -0.3 is 20.8 Å². The maximum Gasteiger partial charge on any atom is 0.182 e. The predicted octanol–water partition coefficient (Wildman–Crippen LogP) is 2.20. The van der Waals surface area contributed by atoms with E-state index in [-0.39, 0.29) is 6.04 Å². The zero-order valence-electron chi connectivity index (χ0n) is 14.0. The van der Waals surface area contributed by atoms with Crippen LogP contribution in [0.25, 0.3) is 16.9 Å². The molecule has 1 aliphatic heterocycles. The van der Waals surface area contributed by atoms with Gasteiger partial charge in [0.2, 0.25) is 0 Å². The zero-order valence-corrected chi connectivity index (χ0v) is 14.0. The van der Waals surface area contributed by atoms with Crippen LogP contribution >= 0.6 is 0 Å². The van der Waals surface area contributed by atoms with Gasteiger partial charge in [-0.1, -0.05) is 0 Å². The fraction of sp³-hybridized carbons (Fsp3) is 0.278. The summed E-state index contributed by atoms with van der Waals surface area (Å²) in [6.45, 7) is 4.31. The van der Waals surface area contributed by atoms with Crippen molar-refractivity contribution in [2.75, 3.05) is 30.4 Å². The standard InChI is InChI=1S/C18H20N6O/c1-12-11-25-8-7-23(12)18-16-3-2-6-24(16)22-17(21-18)13-4-5-15(20)14(9-13)10-19/h2-6,9-10,12,19H,7-8,11,20H2,1H3/t12-/m1/s1. The minimum atomic E-state index is 0.249. The van der Waals surface area contributed by atoms with Crippen molar-refractivity contribution in [3.63, 3.8) is 0 Å². The average molecular weight is 336 g/mol. The second-order valence-electron chi connectivity index (χ2n) is 6.20. The molecular formula is C18H20N6O. The van der Waals surface area contributed by atoms with E-state index in [1.54, 1.807) is 6.07 Å². The summed E-state index contributed by atoms with van der Waals surface area (Å²) in [4.78, 5) is 7.11. The third kappa shape index (κ3) is 2.72. The lowest BCUT2D eigenvalue weighted by Crippen LogP contribution is -2.44. The number of nitrogens with one attached hydrogen (secondary N) is 1. The number of anilines is 2. The fourth-order valence-corrected chi connectivity index (χ4v) is 3.13. The van der Waals surface area contributed by atoms with E-state index in [0.29, 0.717) is 30.3 Å². The Bertz CT molecular complexity index is 934. The molecule has 1 fully saturated rings. The monoisotopic (exact) mass is 336 g/mol. The first kappa shape index (κ1) is 15.6. The largest absolute Gasteiger partial charge is 0.398 e. The first-order valence-electron chi connectivity index (χ1n) is 8.27. The molecule has 128 valence electrons. The molecule has 0 spiro atoms. The molecule has 25 heavy (non-hydrogen) atoms. The van der Waals surface area contributed by atoms with Crippen LogP contribution in [0.2, 0.25) is 0 Å². The molecule has 1 atom stereocenters. The first-order valence-corrected chi connectivity index (χ1v) is 8.27. The molecule has 7 heteroatoms. The van der Waals surface area contributed by atoms with Crippen LogP contribution < -0.4 is 10.6 Å². The number of morpholine rings is 1. The Morgan fingerprint density at radius 1 is 1.36 bits per heavy atom. The first-order chi connectivity index (χ1) is 12.2. The summed E-state index contributed by atoms with van der Waals surface area (Å²) in [5, 5.41) is 12.1. The zero-order chi connectivity index (χ0) is 17.4. The van der Waals surface area contributed by atoms with Crippen LogP contribution in [-0.4, -0.2) is 46.6 Å². The maximum absolute atomic E-state index is 7.51. The Balaban J connectivity index is 1.87. The van der Waals surface area contributed by atoms with E-state index in [9.17, 15) is 0 Å². The number of fused-ring (bicyclic) bond motifs is 1. The maximum atomic E-state index is 7.51. The summed E-state index contributed by atoms with van der Waals surface area (Å²) in [6, 6.07) is 9.76. The van der Waals surface area contributed by atoms with Gasteiger partial charge in [0.05, 0.1) is 19.3 Å². The summed E-state index contributed by atoms with van der Waals surface area (Å²) < 4.78 is 7.40. The number of hydrogen-bond acceptors (Lipinski definition) is 6. The molecule has 3 aromatic rings. The van der Waals surface area contributed by atoms with E-state index in [1.165, 1.54) is 6.21 Å². The van der Waals surface area contributed by atoms with E-state index in [2.05, 4.69) is 16.9 Å². The normalized spacial score (nSPS) is 17.8. The number of hydrogen-bond donors (Lipinski definition) is 2. The quantitative estimate of drug-likeness (QED) is 0.565. The van der Waals surface area contributed by atoms with Gasteiger partial charge in [-0.25, -0.2) is 9.50 Å². The second kappa shape index (κ2) is 6.18. The Labute approximate surface area is 145 Å². The van der Waals surface area contributed by atoms with Crippen LogP contribution in [0.1, 0.15) is 12.5 Å². The van der Waals surface area contributed by atoms with E-state index < -0.39 is 0 Å². The Morgan fingerprint density at radius 2 is 2.24 bits per heavy atom. The smallest absolute Gasteiger partial charge is 0.182 e. The lowest BCUT2D eigenvalue weighted by Gasteiger charge is -2.34. The molecule has 3 heterocycles. The highest BCUT2D eigenvalue weighted by Gasteiger charge is 2.23. The third-order valence-electron chi connectivity index (χ3n) is 4.51. The van der Waals surface area contributed by atoms with Gasteiger partial charge in [0, 0.05) is 35.8 Å². The summed E-state index contributed by atoms with van der Waals surface area (Å²) in [6.07, 6.45) is 3.17. The minimum absolute atomic E-state index is 0.249. The molecule has 1 saturated heterocycles. The lowest BCUT2D eigenvalue weighted by atomic mass is 10.1. The van der Waals surface area contributed by atoms with E-state index in [1.807, 2.05) is 35.0 Å². The van der Waals surface area contributed by atoms with Crippen molar-refractivity contribution in [2.45, 2.75) is 13.0 Å². The summed E-state index contributed by atoms with van der Waals surface area (Å²) in [7, 11) is 0. The van der Waals surface area contributed by atoms with Crippen molar-refractivity contribution >= 4 is 23.2 Å². The Kier molecular flexibility index (Phi) is 3.85. The molecule has 7 nitrogen and oxygen atoms in total. The van der Waals surface area contributed by atoms with Crippen molar-refractivity contribution in [1.29, 1.82) is 5.41 Å². The molecule has 0 amide bonds. The number of rotatable bonds is 3. The number of ether oxygens (including phenoxy) is 1. The molecule has 0 saturated carbocycles. The van der Waals surface area contributed by atoms with Crippen molar-refractivity contribution in [2.24, 2.45) is 0 Å². The topological polar surface area (TPSA) is 92.5 Å². The number of nitrogens with two attached hydrogens (primary N) is 1. The fourth-order valence-electron chi connectivity index (χ4n) is 3.13. The highest BCUT2D eigenvalue weighted by atomic mass is 16.5. The Morgan fingerprint density at radius 3 is 3.04 bits per heavy atom. The minimum Gasteiger partial charge on any atom is -0.398 e. The van der Waals surface area contributed by atoms with E-state index in [4.69, 9.17) is 20.9 Å². The highest BCUT2D eigenvalue weighted by Crippen LogP contribution is 2.27. The van der Waals surface area contributed by atoms with Crippen LogP contribution in [-0.2, 0) is 4.74 Å². The summed E-state index contributed by atoms with van der Waals surface area (Å²) in [5.74, 6) is 1.51. The van der Waals surface area contributed by atoms with Crippen LogP contribution in [0.5, 0.6) is 0 Å². The second-order valence-corrected chi connectivity index (χ2v) is 6.20. The molecule has 4 rings (SSSR count). The van der Waals surface area contributed by atoms with Crippen molar-refractivity contribution in [1.82, 2.24) is 14.6 Å². The lowest BCUT2D eigenvalue weighted by molar-refractivity contribution is 0.0986. The van der Waals surface area contributed by atoms with Crippen LogP contribution in [0.15, 0.2) is 36.5 Å². The van der Waals surface area contributed by atoms with Crippen molar-refractivity contribution < 1.29 is 4.74 Å². The molecule has 0 radical (unpaired) electrons. The van der Waals surface area contributed by atoms with Gasteiger partial charge in [0.1, 0.15) is 5.52 Å². The summed E-state index contributed by atoms with van der Waals surface area (Å²) in [5.41, 5.74) is 8.94. The van der Waals surface area contributed by atoms with Gasteiger partial charge in [-0.2, -0.15) is 0 Å². The Hall–Kier alpha value is -2.93.